The van der Waals surface area contributed by atoms with Crippen molar-refractivity contribution in [2.24, 2.45) is 5.92 Å². The minimum Gasteiger partial charge on any atom is -0.329 e. The highest BCUT2D eigenvalue weighted by Gasteiger charge is 2.24. The van der Waals surface area contributed by atoms with E-state index in [0.717, 1.165) is 11.4 Å². The van der Waals surface area contributed by atoms with E-state index in [9.17, 15) is 9.59 Å². The molecule has 3 rings (SSSR count). The van der Waals surface area contributed by atoms with E-state index < -0.39 is 0 Å². The quantitative estimate of drug-likeness (QED) is 0.418. The van der Waals surface area contributed by atoms with E-state index in [0.29, 0.717) is 28.0 Å². The summed E-state index contributed by atoms with van der Waals surface area (Å²) >= 11 is 12.1. The van der Waals surface area contributed by atoms with Crippen molar-refractivity contribution in [3.8, 4) is 5.69 Å². The van der Waals surface area contributed by atoms with Crippen LogP contribution in [0, 0.1) is 5.92 Å². The number of amides is 2. The van der Waals surface area contributed by atoms with Gasteiger partial charge in [0.15, 0.2) is 0 Å². The highest BCUT2D eigenvalue weighted by molar-refractivity contribution is 6.31. The third kappa shape index (κ3) is 6.61. The summed E-state index contributed by atoms with van der Waals surface area (Å²) in [6.07, 6.45) is 0. The second kappa shape index (κ2) is 10.6. The molecule has 6 nitrogen and oxygen atoms in total. The molecule has 1 N–H and O–H groups in total. The van der Waals surface area contributed by atoms with E-state index in [1.54, 1.807) is 46.0 Å². The van der Waals surface area contributed by atoms with Gasteiger partial charge in [-0.1, -0.05) is 63.9 Å². The molecule has 0 radical (unpaired) electrons. The monoisotopic (exact) mass is 500 g/mol. The average molecular weight is 501 g/mol. The lowest BCUT2D eigenvalue weighted by Gasteiger charge is -2.24. The third-order valence-electron chi connectivity index (χ3n) is 5.10. The van der Waals surface area contributed by atoms with Crippen molar-refractivity contribution in [2.45, 2.75) is 40.0 Å². The lowest BCUT2D eigenvalue weighted by Crippen LogP contribution is -2.40. The Hall–Kier alpha value is -2.83. The van der Waals surface area contributed by atoms with Crippen LogP contribution in [0.25, 0.3) is 5.69 Å². The summed E-state index contributed by atoms with van der Waals surface area (Å²) in [6, 6.07) is 15.8. The zero-order valence-electron chi connectivity index (χ0n) is 20.1. The number of nitrogens with zero attached hydrogens (tertiary/aromatic N) is 3. The van der Waals surface area contributed by atoms with Crippen molar-refractivity contribution in [3.05, 3.63) is 75.9 Å². The third-order valence-corrected chi connectivity index (χ3v) is 5.58. The van der Waals surface area contributed by atoms with Crippen LogP contribution < -0.4 is 5.32 Å². The Bertz CT molecular complexity index is 1160. The van der Waals surface area contributed by atoms with Crippen molar-refractivity contribution >= 4 is 40.8 Å². The van der Waals surface area contributed by atoms with Gasteiger partial charge in [-0.3, -0.25) is 9.59 Å². The van der Waals surface area contributed by atoms with Crippen LogP contribution in [0.15, 0.2) is 54.6 Å². The van der Waals surface area contributed by atoms with E-state index in [-0.39, 0.29) is 29.7 Å². The molecule has 3 aromatic rings. The highest BCUT2D eigenvalue weighted by atomic mass is 35.5. The van der Waals surface area contributed by atoms with E-state index in [4.69, 9.17) is 28.3 Å². The van der Waals surface area contributed by atoms with Crippen LogP contribution in [0.4, 0.5) is 5.82 Å². The molecule has 0 unspecified atom stereocenters. The van der Waals surface area contributed by atoms with Crippen LogP contribution in [0.3, 0.4) is 0 Å². The Kier molecular flexibility index (Phi) is 8.05. The Balaban J connectivity index is 1.87. The van der Waals surface area contributed by atoms with Gasteiger partial charge in [-0.25, -0.2) is 4.68 Å². The van der Waals surface area contributed by atoms with Crippen LogP contribution in [-0.2, 0) is 10.2 Å². The summed E-state index contributed by atoms with van der Waals surface area (Å²) < 4.78 is 1.68. The number of anilines is 1. The Morgan fingerprint density at radius 1 is 1.03 bits per heavy atom. The Morgan fingerprint density at radius 3 is 2.29 bits per heavy atom. The van der Waals surface area contributed by atoms with Crippen molar-refractivity contribution < 1.29 is 9.59 Å². The lowest BCUT2D eigenvalue weighted by molar-refractivity contribution is -0.117. The lowest BCUT2D eigenvalue weighted by atomic mass is 9.92. The van der Waals surface area contributed by atoms with Crippen LogP contribution in [0.2, 0.25) is 10.0 Å². The maximum absolute atomic E-state index is 13.1. The van der Waals surface area contributed by atoms with Gasteiger partial charge in [-0.05, 0) is 48.4 Å². The van der Waals surface area contributed by atoms with Crippen LogP contribution in [-0.4, -0.2) is 39.6 Å². The molecule has 8 heteroatoms. The van der Waals surface area contributed by atoms with Gasteiger partial charge in [0.2, 0.25) is 5.91 Å². The van der Waals surface area contributed by atoms with E-state index in [1.807, 2.05) is 32.0 Å². The molecule has 0 bridgehead atoms. The van der Waals surface area contributed by atoms with Gasteiger partial charge in [0.1, 0.15) is 12.4 Å². The predicted molar refractivity (Wildman–Crippen MR) is 138 cm³/mol. The van der Waals surface area contributed by atoms with Crippen molar-refractivity contribution in [1.82, 2.24) is 14.7 Å². The van der Waals surface area contributed by atoms with E-state index >= 15 is 0 Å². The zero-order valence-corrected chi connectivity index (χ0v) is 21.6. The molecule has 2 aromatic carbocycles. The maximum atomic E-state index is 13.1. The van der Waals surface area contributed by atoms with Gasteiger partial charge in [-0.2, -0.15) is 5.10 Å². The molecule has 1 aromatic heterocycles. The highest BCUT2D eigenvalue weighted by Crippen LogP contribution is 2.27. The van der Waals surface area contributed by atoms with Crippen LogP contribution >= 0.6 is 23.2 Å². The Morgan fingerprint density at radius 2 is 1.71 bits per heavy atom. The second-order valence-corrected chi connectivity index (χ2v) is 10.6. The number of benzene rings is 2. The number of carbonyl (C=O) groups is 2. The summed E-state index contributed by atoms with van der Waals surface area (Å²) in [5.74, 6) is 0.152. The molecule has 180 valence electrons. The van der Waals surface area contributed by atoms with E-state index in [2.05, 4.69) is 26.1 Å². The number of rotatable bonds is 7. The fraction of sp³-hybridized carbons (Fsp3) is 0.346. The average Bonchev–Trinajstić information content (AvgIpc) is 3.17. The molecule has 0 spiro atoms. The van der Waals surface area contributed by atoms with Gasteiger partial charge < -0.3 is 10.2 Å². The van der Waals surface area contributed by atoms with Crippen molar-refractivity contribution in [3.63, 3.8) is 0 Å². The van der Waals surface area contributed by atoms with Gasteiger partial charge in [0.05, 0.1) is 11.4 Å². The second-order valence-electron chi connectivity index (χ2n) is 9.69. The molecule has 0 aliphatic heterocycles. The number of hydrogen-bond donors (Lipinski definition) is 1. The van der Waals surface area contributed by atoms with Gasteiger partial charge in [-0.15, -0.1) is 0 Å². The zero-order chi connectivity index (χ0) is 25.0. The van der Waals surface area contributed by atoms with Crippen molar-refractivity contribution in [2.75, 3.05) is 18.4 Å². The molecule has 0 aliphatic rings. The first-order valence-electron chi connectivity index (χ1n) is 11.1. The van der Waals surface area contributed by atoms with Gasteiger partial charge in [0, 0.05) is 33.6 Å². The Labute approximate surface area is 210 Å². The minimum absolute atomic E-state index is 0.0970. The molecule has 34 heavy (non-hydrogen) atoms. The molecule has 0 atom stereocenters. The SMILES string of the molecule is CC(C)CN(CC(=O)Nc1cc(C(C)(C)C)nn1-c1ccc(Cl)cc1)C(=O)c1cccc(Cl)c1. The van der Waals surface area contributed by atoms with Crippen molar-refractivity contribution in [1.29, 1.82) is 0 Å². The predicted octanol–water partition coefficient (Wildman–Crippen LogP) is 6.21. The summed E-state index contributed by atoms with van der Waals surface area (Å²) in [5, 5.41) is 8.75. The van der Waals surface area contributed by atoms with E-state index in [1.165, 1.54) is 0 Å². The first kappa shape index (κ1) is 25.8. The molecule has 0 aliphatic carbocycles. The fourth-order valence-corrected chi connectivity index (χ4v) is 3.75. The molecular weight excluding hydrogens is 471 g/mol. The topological polar surface area (TPSA) is 67.2 Å². The van der Waals surface area contributed by atoms with Gasteiger partial charge >= 0.3 is 0 Å². The molecule has 2 amide bonds. The van der Waals surface area contributed by atoms with Crippen LogP contribution in [0.5, 0.6) is 0 Å². The summed E-state index contributed by atoms with van der Waals surface area (Å²) in [6.45, 7) is 10.5. The smallest absolute Gasteiger partial charge is 0.254 e. The molecular formula is C26H30Cl2N4O2. The standard InChI is InChI=1S/C26H30Cl2N4O2/c1-17(2)15-31(25(34)18-7-6-8-20(28)13-18)16-24(33)29-23-14-22(26(3,4)5)30-32(23)21-11-9-19(27)10-12-21/h6-14,17H,15-16H2,1-5H3,(H,29,33). The number of aromatic nitrogens is 2. The first-order chi connectivity index (χ1) is 15.9. The number of carbonyl (C=O) groups excluding carboxylic acids is 2. The fourth-order valence-electron chi connectivity index (χ4n) is 3.44. The molecule has 0 saturated heterocycles. The molecule has 0 saturated carbocycles. The molecule has 0 fully saturated rings. The number of halogens is 2. The summed E-state index contributed by atoms with van der Waals surface area (Å²) in [4.78, 5) is 27.8. The number of nitrogens with one attached hydrogen (secondary N) is 1. The molecule has 1 heterocycles. The maximum Gasteiger partial charge on any atom is 0.254 e. The minimum atomic E-state index is -0.313. The van der Waals surface area contributed by atoms with Crippen LogP contribution in [0.1, 0.15) is 50.7 Å². The first-order valence-corrected chi connectivity index (χ1v) is 11.9. The van der Waals surface area contributed by atoms with Gasteiger partial charge in [0.25, 0.3) is 5.91 Å². The number of hydrogen-bond acceptors (Lipinski definition) is 3. The summed E-state index contributed by atoms with van der Waals surface area (Å²) in [7, 11) is 0. The largest absolute Gasteiger partial charge is 0.329 e. The summed E-state index contributed by atoms with van der Waals surface area (Å²) in [5.41, 5.74) is 1.82. The normalized spacial score (nSPS) is 11.5.